The lowest BCUT2D eigenvalue weighted by molar-refractivity contribution is 0.489. The van der Waals surface area contributed by atoms with E-state index in [1.165, 1.54) is 38.6 Å². The van der Waals surface area contributed by atoms with Gasteiger partial charge >= 0.3 is 0 Å². The summed E-state index contributed by atoms with van der Waals surface area (Å²) in [5, 5.41) is 2.44. The Bertz CT molecular complexity index is 2650. The van der Waals surface area contributed by atoms with Crippen LogP contribution in [0, 0.1) is 0 Å². The Labute approximate surface area is 298 Å². The van der Waals surface area contributed by atoms with E-state index in [0.29, 0.717) is 0 Å². The van der Waals surface area contributed by atoms with Crippen LogP contribution in [0.5, 0.6) is 11.5 Å². The first-order valence-electron chi connectivity index (χ1n) is 17.7. The SMILES string of the molecule is CC1(C)c2ccccc2-c2ccc(N(c3ccccc3)c3ccc4c(c3)Oc3c(-c5ccc6ccccc6c5)cccc3-c3ccccc3-4)cc21. The molecule has 1 aliphatic carbocycles. The first-order chi connectivity index (χ1) is 25.0. The maximum Gasteiger partial charge on any atom is 0.143 e. The monoisotopic (exact) mass is 653 g/mol. The zero-order chi connectivity index (χ0) is 34.1. The molecular formula is C49H35NO. The minimum Gasteiger partial charge on any atom is -0.455 e. The summed E-state index contributed by atoms with van der Waals surface area (Å²) in [6.07, 6.45) is 0. The predicted octanol–water partition coefficient (Wildman–Crippen LogP) is 13.7. The van der Waals surface area contributed by atoms with Crippen molar-refractivity contribution in [3.63, 3.8) is 0 Å². The molecule has 0 aromatic heterocycles. The van der Waals surface area contributed by atoms with E-state index < -0.39 is 0 Å². The van der Waals surface area contributed by atoms with Crippen LogP contribution in [0.25, 0.3) is 55.3 Å². The summed E-state index contributed by atoms with van der Waals surface area (Å²) in [6.45, 7) is 4.68. The van der Waals surface area contributed by atoms with E-state index in [-0.39, 0.29) is 5.41 Å². The van der Waals surface area contributed by atoms with Gasteiger partial charge in [0.25, 0.3) is 0 Å². The van der Waals surface area contributed by atoms with Gasteiger partial charge in [0.15, 0.2) is 0 Å². The van der Waals surface area contributed by atoms with E-state index in [4.69, 9.17) is 4.74 Å². The summed E-state index contributed by atoms with van der Waals surface area (Å²) in [7, 11) is 0. The molecule has 51 heavy (non-hydrogen) atoms. The first-order valence-corrected chi connectivity index (χ1v) is 17.7. The van der Waals surface area contributed by atoms with Crippen LogP contribution in [0.1, 0.15) is 25.0 Å². The molecule has 0 atom stereocenters. The van der Waals surface area contributed by atoms with Crippen molar-refractivity contribution in [3.8, 4) is 56.0 Å². The van der Waals surface area contributed by atoms with Crippen LogP contribution in [0.4, 0.5) is 17.1 Å². The van der Waals surface area contributed by atoms with Crippen LogP contribution in [0.15, 0.2) is 176 Å². The normalized spacial score (nSPS) is 13.2. The fourth-order valence-electron chi connectivity index (χ4n) is 8.32. The molecule has 1 aliphatic heterocycles. The average molecular weight is 654 g/mol. The smallest absolute Gasteiger partial charge is 0.143 e. The number of fused-ring (bicyclic) bond motifs is 9. The summed E-state index contributed by atoms with van der Waals surface area (Å²) in [5.74, 6) is 1.71. The molecule has 8 aromatic rings. The molecule has 0 radical (unpaired) electrons. The molecule has 0 saturated heterocycles. The Morgan fingerprint density at radius 2 is 1.00 bits per heavy atom. The number of para-hydroxylation sites is 2. The highest BCUT2D eigenvalue weighted by Crippen LogP contribution is 2.53. The van der Waals surface area contributed by atoms with Gasteiger partial charge in [-0.25, -0.2) is 0 Å². The van der Waals surface area contributed by atoms with Gasteiger partial charge in [-0.1, -0.05) is 141 Å². The molecule has 1 heterocycles. The van der Waals surface area contributed by atoms with E-state index in [0.717, 1.165) is 56.4 Å². The van der Waals surface area contributed by atoms with Gasteiger partial charge in [0, 0.05) is 45.2 Å². The van der Waals surface area contributed by atoms with Crippen molar-refractivity contribution in [1.29, 1.82) is 0 Å². The predicted molar refractivity (Wildman–Crippen MR) is 213 cm³/mol. The molecule has 0 unspecified atom stereocenters. The molecule has 0 spiro atoms. The second-order valence-corrected chi connectivity index (χ2v) is 14.1. The van der Waals surface area contributed by atoms with Gasteiger partial charge in [-0.05, 0) is 92.2 Å². The quantitative estimate of drug-likeness (QED) is 0.187. The Morgan fingerprint density at radius 3 is 1.82 bits per heavy atom. The van der Waals surface area contributed by atoms with E-state index >= 15 is 0 Å². The molecule has 0 N–H and O–H groups in total. The van der Waals surface area contributed by atoms with Gasteiger partial charge in [0.05, 0.1) is 0 Å². The van der Waals surface area contributed by atoms with Crippen LogP contribution in [-0.2, 0) is 5.41 Å². The zero-order valence-electron chi connectivity index (χ0n) is 28.6. The zero-order valence-corrected chi connectivity index (χ0v) is 28.6. The highest BCUT2D eigenvalue weighted by Gasteiger charge is 2.36. The number of benzene rings is 8. The van der Waals surface area contributed by atoms with Crippen molar-refractivity contribution in [2.24, 2.45) is 0 Å². The minimum absolute atomic E-state index is 0.103. The van der Waals surface area contributed by atoms with Crippen LogP contribution in [0.2, 0.25) is 0 Å². The Balaban J connectivity index is 1.15. The van der Waals surface area contributed by atoms with E-state index in [2.05, 4.69) is 195 Å². The van der Waals surface area contributed by atoms with Crippen molar-refractivity contribution in [3.05, 3.63) is 187 Å². The number of nitrogens with zero attached hydrogens (tertiary/aromatic N) is 1. The molecular weight excluding hydrogens is 619 g/mol. The van der Waals surface area contributed by atoms with Gasteiger partial charge in [-0.3, -0.25) is 0 Å². The average Bonchev–Trinajstić information content (AvgIpc) is 3.31. The Morgan fingerprint density at radius 1 is 0.392 bits per heavy atom. The molecule has 0 amide bonds. The minimum atomic E-state index is -0.103. The van der Waals surface area contributed by atoms with Gasteiger partial charge in [0.1, 0.15) is 11.5 Å². The second-order valence-electron chi connectivity index (χ2n) is 14.1. The second kappa shape index (κ2) is 11.3. The van der Waals surface area contributed by atoms with Crippen LogP contribution >= 0.6 is 0 Å². The molecule has 0 bridgehead atoms. The van der Waals surface area contributed by atoms with Crippen molar-refractivity contribution < 1.29 is 4.74 Å². The number of anilines is 3. The summed E-state index contributed by atoms with van der Waals surface area (Å²) < 4.78 is 7.17. The van der Waals surface area contributed by atoms with E-state index in [1.807, 2.05) is 0 Å². The van der Waals surface area contributed by atoms with Crippen molar-refractivity contribution in [2.75, 3.05) is 4.90 Å². The first kappa shape index (κ1) is 29.5. The highest BCUT2D eigenvalue weighted by molar-refractivity contribution is 5.97. The van der Waals surface area contributed by atoms with Crippen LogP contribution in [0.3, 0.4) is 0 Å². The highest BCUT2D eigenvalue weighted by atomic mass is 16.5. The molecule has 0 saturated carbocycles. The Hall–Kier alpha value is -6.38. The molecule has 2 heteroatoms. The van der Waals surface area contributed by atoms with Gasteiger partial charge < -0.3 is 9.64 Å². The fourth-order valence-corrected chi connectivity index (χ4v) is 8.32. The van der Waals surface area contributed by atoms with E-state index in [9.17, 15) is 0 Å². The van der Waals surface area contributed by atoms with Gasteiger partial charge in [-0.2, -0.15) is 0 Å². The standard InChI is InChI=1S/C49H35NO/c1-49(2)45-22-11-10-19-41(45)42-27-25-36(30-46(42)49)50(35-15-4-3-5-16-35)37-26-28-43-39-17-8-9-18-40(39)44-21-12-20-38(48(44)51-47(43)31-37)34-24-23-32-13-6-7-14-33(32)29-34/h3-31H,1-2H3. The third-order valence-corrected chi connectivity index (χ3v) is 10.9. The molecule has 0 fully saturated rings. The topological polar surface area (TPSA) is 12.5 Å². The van der Waals surface area contributed by atoms with Crippen LogP contribution in [-0.4, -0.2) is 0 Å². The van der Waals surface area contributed by atoms with Gasteiger partial charge in [0.2, 0.25) is 0 Å². The van der Waals surface area contributed by atoms with E-state index in [1.54, 1.807) is 0 Å². The summed E-state index contributed by atoms with van der Waals surface area (Å²) >= 11 is 0. The lowest BCUT2D eigenvalue weighted by atomic mass is 9.82. The number of rotatable bonds is 4. The largest absolute Gasteiger partial charge is 0.455 e. The maximum absolute atomic E-state index is 7.17. The van der Waals surface area contributed by atoms with Crippen molar-refractivity contribution in [2.45, 2.75) is 19.3 Å². The fraction of sp³-hybridized carbons (Fsp3) is 0.0612. The third kappa shape index (κ3) is 4.64. The Kier molecular flexibility index (Phi) is 6.56. The molecule has 2 nitrogen and oxygen atoms in total. The summed E-state index contributed by atoms with van der Waals surface area (Å²) in [6, 6.07) is 63.5. The molecule has 8 aromatic carbocycles. The lowest BCUT2D eigenvalue weighted by Gasteiger charge is -2.28. The van der Waals surface area contributed by atoms with Crippen molar-refractivity contribution in [1.82, 2.24) is 0 Å². The number of hydrogen-bond acceptors (Lipinski definition) is 2. The summed E-state index contributed by atoms with van der Waals surface area (Å²) in [4.78, 5) is 2.36. The number of hydrogen-bond donors (Lipinski definition) is 0. The lowest BCUT2D eigenvalue weighted by Crippen LogP contribution is -2.16. The molecule has 242 valence electrons. The van der Waals surface area contributed by atoms with Crippen LogP contribution < -0.4 is 9.64 Å². The number of ether oxygens (including phenoxy) is 1. The van der Waals surface area contributed by atoms with Gasteiger partial charge in [-0.15, -0.1) is 0 Å². The molecule has 2 aliphatic rings. The third-order valence-electron chi connectivity index (χ3n) is 10.9. The summed E-state index contributed by atoms with van der Waals surface area (Å²) in [5.41, 5.74) is 15.2. The maximum atomic E-state index is 7.17. The van der Waals surface area contributed by atoms with Crippen molar-refractivity contribution >= 4 is 27.8 Å². The molecule has 10 rings (SSSR count).